The first kappa shape index (κ1) is 31.8. The lowest BCUT2D eigenvalue weighted by Crippen LogP contribution is -2.63. The Bertz CT molecular complexity index is 1130. The predicted molar refractivity (Wildman–Crippen MR) is 151 cm³/mol. The van der Waals surface area contributed by atoms with Gasteiger partial charge in [-0.25, -0.2) is 4.79 Å². The van der Waals surface area contributed by atoms with E-state index in [-0.39, 0.29) is 5.41 Å². The molecule has 0 saturated carbocycles. The summed E-state index contributed by atoms with van der Waals surface area (Å²) in [6.45, 7) is 10.8. The SMILES string of the molecule is CCCOCC1(CCc2cccs2)CCN(C(C)(C)C2=CN[C@@](C)(C(C(=O)O)C(O)(CC(=O)O)C(=O)O)C=C2)C1. The minimum atomic E-state index is -3.03. The quantitative estimate of drug-likeness (QED) is 0.196. The van der Waals surface area contributed by atoms with Crippen LogP contribution in [-0.4, -0.2) is 86.2 Å². The molecule has 5 N–H and O–H groups in total. The number of ether oxygens (including phenoxy) is 1. The Labute approximate surface area is 239 Å². The predicted octanol–water partition coefficient (Wildman–Crippen LogP) is 3.37. The van der Waals surface area contributed by atoms with E-state index in [2.05, 4.69) is 48.5 Å². The van der Waals surface area contributed by atoms with Crippen molar-refractivity contribution in [1.29, 1.82) is 0 Å². The summed E-state index contributed by atoms with van der Waals surface area (Å²) >= 11 is 1.76. The second kappa shape index (κ2) is 12.4. The van der Waals surface area contributed by atoms with Gasteiger partial charge in [0, 0.05) is 35.2 Å². The Morgan fingerprint density at radius 2 is 1.98 bits per heavy atom. The summed E-state index contributed by atoms with van der Waals surface area (Å²) in [5.41, 5.74) is -4.18. The van der Waals surface area contributed by atoms with Gasteiger partial charge >= 0.3 is 17.9 Å². The fraction of sp³-hybridized carbons (Fsp3) is 0.621. The van der Waals surface area contributed by atoms with Crippen LogP contribution >= 0.6 is 11.3 Å². The summed E-state index contributed by atoms with van der Waals surface area (Å²) < 4.78 is 6.07. The number of likely N-dealkylation sites (tertiary alicyclic amines) is 1. The number of hydrogen-bond donors (Lipinski definition) is 5. The van der Waals surface area contributed by atoms with Crippen molar-refractivity contribution in [3.8, 4) is 0 Å². The highest BCUT2D eigenvalue weighted by atomic mass is 32.1. The first-order chi connectivity index (χ1) is 18.7. The van der Waals surface area contributed by atoms with E-state index in [0.717, 1.165) is 51.0 Å². The third-order valence-corrected chi connectivity index (χ3v) is 9.37. The Morgan fingerprint density at radius 1 is 1.25 bits per heavy atom. The second-order valence-electron chi connectivity index (χ2n) is 11.8. The molecule has 2 aliphatic rings. The van der Waals surface area contributed by atoms with Gasteiger partial charge in [-0.15, -0.1) is 11.3 Å². The van der Waals surface area contributed by atoms with Gasteiger partial charge in [0.1, 0.15) is 5.92 Å². The van der Waals surface area contributed by atoms with Crippen LogP contribution in [0.5, 0.6) is 0 Å². The Morgan fingerprint density at radius 3 is 2.50 bits per heavy atom. The van der Waals surface area contributed by atoms with Crippen LogP contribution in [0, 0.1) is 11.3 Å². The van der Waals surface area contributed by atoms with E-state index in [9.17, 15) is 34.8 Å². The number of nitrogens with one attached hydrogen (secondary N) is 1. The Balaban J connectivity index is 1.80. The van der Waals surface area contributed by atoms with Crippen molar-refractivity contribution < 1.29 is 39.5 Å². The molecule has 11 heteroatoms. The smallest absolute Gasteiger partial charge is 0.337 e. The highest BCUT2D eigenvalue weighted by Gasteiger charge is 2.58. The van der Waals surface area contributed by atoms with Gasteiger partial charge in [-0.05, 0) is 70.0 Å². The molecule has 0 aromatic carbocycles. The topological polar surface area (TPSA) is 157 Å². The molecule has 1 aromatic heterocycles. The van der Waals surface area contributed by atoms with Crippen molar-refractivity contribution in [3.05, 3.63) is 46.3 Å². The number of carbonyl (C=O) groups is 3. The molecule has 4 atom stereocenters. The van der Waals surface area contributed by atoms with E-state index < -0.39 is 46.9 Å². The van der Waals surface area contributed by atoms with Crippen molar-refractivity contribution in [2.75, 3.05) is 26.3 Å². The molecule has 0 aliphatic carbocycles. The molecule has 2 aliphatic heterocycles. The second-order valence-corrected chi connectivity index (χ2v) is 12.8. The first-order valence-electron chi connectivity index (χ1n) is 13.6. The molecular formula is C29H42N2O8S. The largest absolute Gasteiger partial charge is 0.481 e. The molecule has 1 fully saturated rings. The molecule has 1 aromatic rings. The van der Waals surface area contributed by atoms with Crippen LogP contribution in [0.4, 0.5) is 0 Å². The molecule has 3 heterocycles. The summed E-state index contributed by atoms with van der Waals surface area (Å²) in [6, 6.07) is 4.23. The van der Waals surface area contributed by atoms with E-state index in [1.807, 2.05) is 0 Å². The number of dihydropyridines is 1. The van der Waals surface area contributed by atoms with E-state index in [1.165, 1.54) is 17.9 Å². The molecule has 1 saturated heterocycles. The number of aliphatic hydroxyl groups is 1. The maximum atomic E-state index is 12.2. The number of nitrogens with zero attached hydrogens (tertiary/aromatic N) is 1. The highest BCUT2D eigenvalue weighted by Crippen LogP contribution is 2.42. The number of carboxylic acid groups (broad SMARTS) is 3. The summed E-state index contributed by atoms with van der Waals surface area (Å²) in [6.07, 6.45) is 7.59. The monoisotopic (exact) mass is 578 g/mol. The standard InChI is InChI=1S/C29H42N2O8S/c1-5-14-39-19-28(11-9-21-7-6-15-40-21)12-13-31(18-28)26(2,3)20-8-10-27(4,30-17-20)23(24(34)35)29(38,25(36)37)16-22(32)33/h6-8,10,15,17,23,30,38H,5,9,11-14,16,18-19H2,1-4H3,(H,32,33)(H,34,35)(H,36,37)/t23?,27-,28?,29?/m1/s1. The van der Waals surface area contributed by atoms with Crippen LogP contribution < -0.4 is 5.32 Å². The zero-order valence-electron chi connectivity index (χ0n) is 23.7. The minimum Gasteiger partial charge on any atom is -0.481 e. The molecule has 0 radical (unpaired) electrons. The zero-order valence-corrected chi connectivity index (χ0v) is 24.5. The van der Waals surface area contributed by atoms with Gasteiger partial charge in [0.15, 0.2) is 5.60 Å². The van der Waals surface area contributed by atoms with Gasteiger partial charge in [-0.2, -0.15) is 0 Å². The maximum Gasteiger partial charge on any atom is 0.337 e. The van der Waals surface area contributed by atoms with E-state index in [4.69, 9.17) is 4.74 Å². The van der Waals surface area contributed by atoms with Gasteiger partial charge < -0.3 is 30.5 Å². The normalized spacial score (nSPS) is 25.6. The summed E-state index contributed by atoms with van der Waals surface area (Å²) in [5.74, 6) is -7.12. The third-order valence-electron chi connectivity index (χ3n) is 8.44. The number of aryl methyl sites for hydroxylation is 1. The number of aliphatic carboxylic acids is 3. The van der Waals surface area contributed by atoms with Crippen molar-refractivity contribution in [2.45, 2.75) is 76.5 Å². The first-order valence-corrected chi connectivity index (χ1v) is 14.5. The molecule has 10 nitrogen and oxygen atoms in total. The van der Waals surface area contributed by atoms with Crippen molar-refractivity contribution >= 4 is 29.2 Å². The van der Waals surface area contributed by atoms with Crippen molar-refractivity contribution in [1.82, 2.24) is 10.2 Å². The van der Waals surface area contributed by atoms with E-state index in [1.54, 1.807) is 23.6 Å². The number of rotatable bonds is 15. The van der Waals surface area contributed by atoms with Gasteiger partial charge in [0.25, 0.3) is 0 Å². The summed E-state index contributed by atoms with van der Waals surface area (Å²) in [7, 11) is 0. The molecule has 3 rings (SSSR count). The van der Waals surface area contributed by atoms with Gasteiger partial charge in [-0.3, -0.25) is 14.5 Å². The lowest BCUT2D eigenvalue weighted by Gasteiger charge is -2.44. The van der Waals surface area contributed by atoms with Crippen LogP contribution in [0.15, 0.2) is 41.4 Å². The number of carboxylic acids is 3. The molecule has 222 valence electrons. The maximum absolute atomic E-state index is 12.2. The van der Waals surface area contributed by atoms with E-state index >= 15 is 0 Å². The van der Waals surface area contributed by atoms with Gasteiger partial charge in [0.05, 0.1) is 18.6 Å². The Kier molecular flexibility index (Phi) is 9.87. The third kappa shape index (κ3) is 6.76. The Hall–Kier alpha value is -2.73. The molecule has 0 bridgehead atoms. The van der Waals surface area contributed by atoms with Crippen molar-refractivity contribution in [2.24, 2.45) is 11.3 Å². The van der Waals surface area contributed by atoms with Crippen LogP contribution in [-0.2, 0) is 25.5 Å². The van der Waals surface area contributed by atoms with Crippen LogP contribution in [0.1, 0.15) is 58.3 Å². The molecule has 0 amide bonds. The summed E-state index contributed by atoms with van der Waals surface area (Å²) in [4.78, 5) is 39.2. The van der Waals surface area contributed by atoms with Crippen LogP contribution in [0.2, 0.25) is 0 Å². The molecule has 0 spiro atoms. The molecule has 3 unspecified atom stereocenters. The lowest BCUT2D eigenvalue weighted by molar-refractivity contribution is -0.182. The highest BCUT2D eigenvalue weighted by molar-refractivity contribution is 7.09. The fourth-order valence-corrected chi connectivity index (χ4v) is 6.62. The van der Waals surface area contributed by atoms with Crippen LogP contribution in [0.25, 0.3) is 0 Å². The summed E-state index contributed by atoms with van der Waals surface area (Å²) in [5, 5.41) is 44.7. The average Bonchev–Trinajstić information content (AvgIpc) is 3.53. The number of thiophene rings is 1. The van der Waals surface area contributed by atoms with Crippen molar-refractivity contribution in [3.63, 3.8) is 0 Å². The van der Waals surface area contributed by atoms with Crippen LogP contribution in [0.3, 0.4) is 0 Å². The van der Waals surface area contributed by atoms with Gasteiger partial charge in [0.2, 0.25) is 0 Å². The zero-order chi connectivity index (χ0) is 29.8. The average molecular weight is 579 g/mol. The van der Waals surface area contributed by atoms with E-state index in [0.29, 0.717) is 6.61 Å². The fourth-order valence-electron chi connectivity index (χ4n) is 5.91. The molecular weight excluding hydrogens is 536 g/mol. The van der Waals surface area contributed by atoms with Gasteiger partial charge in [-0.1, -0.05) is 25.1 Å². The lowest BCUT2D eigenvalue weighted by atomic mass is 9.70. The molecule has 40 heavy (non-hydrogen) atoms. The minimum absolute atomic E-state index is 0.000524. The number of hydrogen-bond acceptors (Lipinski definition) is 8.